The SMILES string of the molecule is N#Cc1c(N)sc2c(F)cnc(-c3c4c(c5cnc(N6CC[C@@H](N7CCC(F)CC7)C6)nc5c3F)COC4)c12. The Hall–Kier alpha value is -3.53. The third kappa shape index (κ3) is 3.83. The molecule has 6 heterocycles. The van der Waals surface area contributed by atoms with Crippen molar-refractivity contribution in [1.29, 1.82) is 5.26 Å². The third-order valence-electron chi connectivity index (χ3n) is 8.15. The van der Waals surface area contributed by atoms with E-state index in [9.17, 15) is 14.0 Å². The maximum Gasteiger partial charge on any atom is 0.226 e. The molecule has 3 aliphatic rings. The number of anilines is 2. The van der Waals surface area contributed by atoms with E-state index < -0.39 is 17.8 Å². The molecule has 0 aliphatic carbocycles. The highest BCUT2D eigenvalue weighted by Crippen LogP contribution is 2.45. The second-order valence-electron chi connectivity index (χ2n) is 10.3. The van der Waals surface area contributed by atoms with E-state index in [4.69, 9.17) is 10.5 Å². The first-order chi connectivity index (χ1) is 18.9. The molecule has 12 heteroatoms. The van der Waals surface area contributed by atoms with Gasteiger partial charge >= 0.3 is 0 Å². The Morgan fingerprint density at radius 2 is 1.87 bits per heavy atom. The van der Waals surface area contributed by atoms with E-state index in [1.165, 1.54) is 0 Å². The highest BCUT2D eigenvalue weighted by molar-refractivity contribution is 7.23. The molecule has 39 heavy (non-hydrogen) atoms. The van der Waals surface area contributed by atoms with Gasteiger partial charge in [-0.15, -0.1) is 11.3 Å². The van der Waals surface area contributed by atoms with Crippen LogP contribution in [0.3, 0.4) is 0 Å². The Balaban J connectivity index is 1.34. The molecule has 0 radical (unpaired) electrons. The summed E-state index contributed by atoms with van der Waals surface area (Å²) in [6, 6.07) is 2.30. The van der Waals surface area contributed by atoms with Crippen LogP contribution in [0.1, 0.15) is 36.0 Å². The fourth-order valence-electron chi connectivity index (χ4n) is 6.15. The summed E-state index contributed by atoms with van der Waals surface area (Å²) in [6.07, 6.45) is 3.95. The van der Waals surface area contributed by atoms with Gasteiger partial charge in [-0.05, 0) is 30.4 Å². The molecule has 0 saturated carbocycles. The summed E-state index contributed by atoms with van der Waals surface area (Å²) in [4.78, 5) is 17.9. The lowest BCUT2D eigenvalue weighted by Gasteiger charge is -2.33. The van der Waals surface area contributed by atoms with Crippen molar-refractivity contribution in [1.82, 2.24) is 19.9 Å². The second kappa shape index (κ2) is 9.29. The van der Waals surface area contributed by atoms with Crippen LogP contribution in [0.4, 0.5) is 24.1 Å². The number of thiophene rings is 1. The number of hydrogen-bond donors (Lipinski definition) is 1. The number of fused-ring (bicyclic) bond motifs is 4. The quantitative estimate of drug-likeness (QED) is 0.392. The molecule has 2 fully saturated rings. The van der Waals surface area contributed by atoms with Gasteiger partial charge in [-0.25, -0.2) is 23.1 Å². The first-order valence-electron chi connectivity index (χ1n) is 12.9. The molecule has 1 aromatic carbocycles. The van der Waals surface area contributed by atoms with Gasteiger partial charge in [-0.3, -0.25) is 9.88 Å². The average Bonchev–Trinajstić information content (AvgIpc) is 3.69. The number of halogens is 3. The van der Waals surface area contributed by atoms with Crippen molar-refractivity contribution >= 4 is 43.3 Å². The van der Waals surface area contributed by atoms with Crippen LogP contribution in [-0.4, -0.2) is 58.2 Å². The lowest BCUT2D eigenvalue weighted by Crippen LogP contribution is -2.43. The number of hydrogen-bond acceptors (Lipinski definition) is 9. The summed E-state index contributed by atoms with van der Waals surface area (Å²) in [6.45, 7) is 3.27. The molecule has 2 N–H and O–H groups in total. The predicted octanol–water partition coefficient (Wildman–Crippen LogP) is 4.68. The van der Waals surface area contributed by atoms with Crippen LogP contribution in [0.15, 0.2) is 12.4 Å². The summed E-state index contributed by atoms with van der Waals surface area (Å²) >= 11 is 0.942. The zero-order valence-corrected chi connectivity index (χ0v) is 21.7. The molecular weight excluding hydrogens is 527 g/mol. The van der Waals surface area contributed by atoms with Gasteiger partial charge in [0, 0.05) is 54.8 Å². The monoisotopic (exact) mass is 551 g/mol. The van der Waals surface area contributed by atoms with Gasteiger partial charge in [0.05, 0.1) is 35.4 Å². The minimum Gasteiger partial charge on any atom is -0.389 e. The fourth-order valence-corrected chi connectivity index (χ4v) is 7.07. The number of likely N-dealkylation sites (tertiary alicyclic amines) is 1. The number of nitriles is 1. The second-order valence-corrected chi connectivity index (χ2v) is 11.3. The molecule has 0 bridgehead atoms. The van der Waals surface area contributed by atoms with Crippen molar-refractivity contribution in [3.63, 3.8) is 0 Å². The van der Waals surface area contributed by atoms with E-state index in [2.05, 4.69) is 19.9 Å². The first kappa shape index (κ1) is 24.5. The molecule has 200 valence electrons. The van der Waals surface area contributed by atoms with Crippen LogP contribution in [0.25, 0.3) is 32.2 Å². The Labute approximate surface area is 225 Å². The third-order valence-corrected chi connectivity index (χ3v) is 9.18. The van der Waals surface area contributed by atoms with E-state index in [0.29, 0.717) is 42.8 Å². The number of pyridine rings is 1. The molecule has 2 saturated heterocycles. The summed E-state index contributed by atoms with van der Waals surface area (Å²) in [7, 11) is 0. The molecule has 0 unspecified atom stereocenters. The van der Waals surface area contributed by atoms with Crippen molar-refractivity contribution in [2.75, 3.05) is 36.8 Å². The van der Waals surface area contributed by atoms with Crippen molar-refractivity contribution < 1.29 is 17.9 Å². The number of alkyl halides is 1. The summed E-state index contributed by atoms with van der Waals surface area (Å²) in [5, 5.41) is 10.6. The zero-order chi connectivity index (χ0) is 26.8. The van der Waals surface area contributed by atoms with Gasteiger partial charge < -0.3 is 15.4 Å². The van der Waals surface area contributed by atoms with Gasteiger partial charge in [-0.1, -0.05) is 0 Å². The Morgan fingerprint density at radius 3 is 2.67 bits per heavy atom. The maximum absolute atomic E-state index is 16.5. The Bertz CT molecular complexity index is 1680. The summed E-state index contributed by atoms with van der Waals surface area (Å²) in [5.41, 5.74) is 7.85. The van der Waals surface area contributed by atoms with Crippen LogP contribution in [0.2, 0.25) is 0 Å². The van der Waals surface area contributed by atoms with Gasteiger partial charge in [0.1, 0.15) is 22.8 Å². The fraction of sp³-hybridized carbons (Fsp3) is 0.407. The predicted molar refractivity (Wildman–Crippen MR) is 142 cm³/mol. The summed E-state index contributed by atoms with van der Waals surface area (Å²) in [5.74, 6) is -0.818. The van der Waals surface area contributed by atoms with Crippen molar-refractivity contribution in [2.45, 2.75) is 44.7 Å². The topological polar surface area (TPSA) is 104 Å². The Kier molecular flexibility index (Phi) is 5.84. The van der Waals surface area contributed by atoms with E-state index in [0.717, 1.165) is 42.6 Å². The van der Waals surface area contributed by atoms with Gasteiger partial charge in [0.25, 0.3) is 0 Å². The first-order valence-corrected chi connectivity index (χ1v) is 13.7. The highest BCUT2D eigenvalue weighted by Gasteiger charge is 2.33. The number of ether oxygens (including phenoxy) is 1. The molecule has 8 nitrogen and oxygen atoms in total. The van der Waals surface area contributed by atoms with Crippen LogP contribution >= 0.6 is 11.3 Å². The van der Waals surface area contributed by atoms with Gasteiger partial charge in [-0.2, -0.15) is 5.26 Å². The maximum atomic E-state index is 16.5. The largest absolute Gasteiger partial charge is 0.389 e. The van der Waals surface area contributed by atoms with Crippen LogP contribution in [0, 0.1) is 23.0 Å². The van der Waals surface area contributed by atoms with Gasteiger partial charge in [0.15, 0.2) is 11.6 Å². The van der Waals surface area contributed by atoms with Crippen molar-refractivity contribution in [3.8, 4) is 17.3 Å². The standard InChI is InChI=1S/C27H24F3N7OS/c28-13-1-4-36(5-2-13)14-3-6-37(10-14)27-34-8-16-17-11-38-12-18(17)20(22(30)23(16)35-27)24-21-15(7-31)26(32)39-25(21)19(29)9-33-24/h8-9,13-14H,1-6,10-12,32H2/t14-/m1/s1. The summed E-state index contributed by atoms with van der Waals surface area (Å²) < 4.78 is 50.7. The van der Waals surface area contributed by atoms with E-state index in [1.807, 2.05) is 11.0 Å². The number of benzene rings is 1. The molecule has 3 aliphatic heterocycles. The Morgan fingerprint density at radius 1 is 1.08 bits per heavy atom. The minimum absolute atomic E-state index is 0.0763. The average molecular weight is 552 g/mol. The highest BCUT2D eigenvalue weighted by atomic mass is 32.1. The van der Waals surface area contributed by atoms with Crippen LogP contribution < -0.4 is 10.6 Å². The number of nitrogen functional groups attached to an aromatic ring is 1. The van der Waals surface area contributed by atoms with E-state index in [1.54, 1.807) is 6.20 Å². The lowest BCUT2D eigenvalue weighted by molar-refractivity contribution is 0.119. The number of aromatic nitrogens is 3. The smallest absolute Gasteiger partial charge is 0.226 e. The molecule has 0 spiro atoms. The molecule has 1 atom stereocenters. The van der Waals surface area contributed by atoms with Crippen LogP contribution in [0.5, 0.6) is 0 Å². The van der Waals surface area contributed by atoms with Crippen molar-refractivity contribution in [2.24, 2.45) is 0 Å². The molecule has 4 aromatic rings. The van der Waals surface area contributed by atoms with E-state index in [-0.39, 0.29) is 56.7 Å². The van der Waals surface area contributed by atoms with Crippen LogP contribution in [-0.2, 0) is 18.0 Å². The number of piperidine rings is 1. The molecule has 0 amide bonds. The van der Waals surface area contributed by atoms with Crippen molar-refractivity contribution in [3.05, 3.63) is 40.7 Å². The number of rotatable bonds is 3. The molecule has 3 aromatic heterocycles. The molecule has 7 rings (SSSR count). The van der Waals surface area contributed by atoms with E-state index >= 15 is 4.39 Å². The lowest BCUT2D eigenvalue weighted by atomic mass is 9.94. The van der Waals surface area contributed by atoms with Gasteiger partial charge in [0.2, 0.25) is 5.95 Å². The molecular formula is C27H24F3N7OS. The number of nitrogens with two attached hydrogens (primary N) is 1. The number of nitrogens with zero attached hydrogens (tertiary/aromatic N) is 6. The minimum atomic E-state index is -0.725. The zero-order valence-electron chi connectivity index (χ0n) is 20.9. The normalized spacial score (nSPS) is 20.3.